The number of piperidine rings is 1. The summed E-state index contributed by atoms with van der Waals surface area (Å²) in [4.78, 5) is 25.6. The maximum atomic E-state index is 12.5. The number of hydrogen-bond donors (Lipinski definition) is 1. The number of primary amides is 1. The van der Waals surface area contributed by atoms with E-state index in [-0.39, 0.29) is 23.8 Å². The second kappa shape index (κ2) is 7.31. The van der Waals surface area contributed by atoms with Gasteiger partial charge in [0.1, 0.15) is 5.75 Å². The number of methoxy groups -OCH3 is 1. The lowest BCUT2D eigenvalue weighted by Gasteiger charge is -2.36. The Kier molecular flexibility index (Phi) is 5.42. The van der Waals surface area contributed by atoms with Gasteiger partial charge in [0.2, 0.25) is 11.8 Å². The van der Waals surface area contributed by atoms with Gasteiger partial charge in [0.05, 0.1) is 13.0 Å². The van der Waals surface area contributed by atoms with Crippen LogP contribution in [0.5, 0.6) is 5.75 Å². The maximum Gasteiger partial charge on any atom is 0.246 e. The van der Waals surface area contributed by atoms with Crippen LogP contribution < -0.4 is 10.5 Å². The Hall–Kier alpha value is -2.30. The van der Waals surface area contributed by atoms with Gasteiger partial charge in [-0.05, 0) is 44.9 Å². The van der Waals surface area contributed by atoms with Crippen molar-refractivity contribution in [2.75, 3.05) is 13.7 Å². The Morgan fingerprint density at radius 3 is 2.74 bits per heavy atom. The zero-order chi connectivity index (χ0) is 17.0. The van der Waals surface area contributed by atoms with E-state index >= 15 is 0 Å². The number of likely N-dealkylation sites (tertiary alicyclic amines) is 1. The van der Waals surface area contributed by atoms with Crippen LogP contribution in [0.1, 0.15) is 30.9 Å². The molecule has 1 heterocycles. The van der Waals surface area contributed by atoms with E-state index in [9.17, 15) is 9.59 Å². The molecular formula is C18H24N2O3. The molecule has 0 radical (unpaired) electrons. The van der Waals surface area contributed by atoms with Gasteiger partial charge in [-0.2, -0.15) is 0 Å². The summed E-state index contributed by atoms with van der Waals surface area (Å²) in [5, 5.41) is 0. The number of ether oxygens (including phenoxy) is 1. The molecule has 0 unspecified atom stereocenters. The van der Waals surface area contributed by atoms with Crippen molar-refractivity contribution in [3.63, 3.8) is 0 Å². The molecule has 1 aromatic carbocycles. The van der Waals surface area contributed by atoms with Gasteiger partial charge in [-0.15, -0.1) is 0 Å². The maximum absolute atomic E-state index is 12.5. The van der Waals surface area contributed by atoms with Crippen LogP contribution in [0.4, 0.5) is 0 Å². The van der Waals surface area contributed by atoms with Crippen LogP contribution in [0.3, 0.4) is 0 Å². The lowest BCUT2D eigenvalue weighted by molar-refractivity contribution is -0.133. The van der Waals surface area contributed by atoms with E-state index in [1.807, 2.05) is 32.0 Å². The summed E-state index contributed by atoms with van der Waals surface area (Å²) in [5.74, 6) is 0.0319. The Balaban J connectivity index is 2.14. The third-order valence-corrected chi connectivity index (χ3v) is 4.36. The molecule has 2 rings (SSSR count). The van der Waals surface area contributed by atoms with Crippen LogP contribution in [0.15, 0.2) is 24.3 Å². The molecule has 1 aliphatic rings. The van der Waals surface area contributed by atoms with E-state index in [4.69, 9.17) is 10.5 Å². The summed E-state index contributed by atoms with van der Waals surface area (Å²) in [7, 11) is 1.61. The molecule has 2 atom stereocenters. The second-order valence-corrected chi connectivity index (χ2v) is 6.10. The zero-order valence-corrected chi connectivity index (χ0v) is 13.9. The monoisotopic (exact) mass is 316 g/mol. The molecule has 0 aliphatic carbocycles. The first kappa shape index (κ1) is 17.1. The highest BCUT2D eigenvalue weighted by Gasteiger charge is 2.30. The molecule has 2 amide bonds. The second-order valence-electron chi connectivity index (χ2n) is 6.10. The molecule has 1 saturated heterocycles. The van der Waals surface area contributed by atoms with Crippen molar-refractivity contribution in [2.45, 2.75) is 32.7 Å². The fourth-order valence-corrected chi connectivity index (χ4v) is 2.89. The summed E-state index contributed by atoms with van der Waals surface area (Å²) in [5.41, 5.74) is 7.34. The lowest BCUT2D eigenvalue weighted by atomic mass is 9.93. The van der Waals surface area contributed by atoms with E-state index in [2.05, 4.69) is 0 Å². The molecule has 1 fully saturated rings. The summed E-state index contributed by atoms with van der Waals surface area (Å²) >= 11 is 0. The minimum atomic E-state index is -0.334. The van der Waals surface area contributed by atoms with Crippen LogP contribution in [0.25, 0.3) is 6.08 Å². The molecule has 0 spiro atoms. The van der Waals surface area contributed by atoms with Gasteiger partial charge in [0, 0.05) is 24.2 Å². The number of aryl methyl sites for hydroxylation is 1. The Morgan fingerprint density at radius 1 is 1.35 bits per heavy atom. The van der Waals surface area contributed by atoms with Crippen LogP contribution in [-0.4, -0.2) is 36.4 Å². The average Bonchev–Trinajstić information content (AvgIpc) is 2.53. The van der Waals surface area contributed by atoms with E-state index in [1.54, 1.807) is 18.1 Å². The highest BCUT2D eigenvalue weighted by molar-refractivity contribution is 5.93. The molecule has 0 saturated carbocycles. The number of carbonyl (C=O) groups excluding carboxylic acids is 2. The molecule has 1 aliphatic heterocycles. The molecule has 0 bridgehead atoms. The standard InChI is InChI=1S/C18H24N2O3/c1-12-4-8-16(23-3)14(10-12)7-9-17(21)20-11-15(18(19)22)6-5-13(20)2/h4,7-10,13,15H,5-6,11H2,1-3H3,(H2,19,22)/b9-7+/t13-,15-/m1/s1. The number of rotatable bonds is 4. The topological polar surface area (TPSA) is 72.6 Å². The Bertz CT molecular complexity index is 625. The summed E-state index contributed by atoms with van der Waals surface area (Å²) < 4.78 is 5.31. The molecule has 1 aromatic rings. The fraction of sp³-hybridized carbons (Fsp3) is 0.444. The predicted octanol–water partition coefficient (Wildman–Crippen LogP) is 2.13. The van der Waals surface area contributed by atoms with Gasteiger partial charge < -0.3 is 15.4 Å². The number of carbonyl (C=O) groups is 2. The number of nitrogens with zero attached hydrogens (tertiary/aromatic N) is 1. The molecule has 5 nitrogen and oxygen atoms in total. The highest BCUT2D eigenvalue weighted by Crippen LogP contribution is 2.24. The molecule has 124 valence electrons. The minimum Gasteiger partial charge on any atom is -0.496 e. The Morgan fingerprint density at radius 2 is 2.09 bits per heavy atom. The van der Waals surface area contributed by atoms with Gasteiger partial charge in [0.25, 0.3) is 0 Å². The van der Waals surface area contributed by atoms with E-state index in [0.29, 0.717) is 6.54 Å². The first-order chi connectivity index (χ1) is 10.9. The fourth-order valence-electron chi connectivity index (χ4n) is 2.89. The van der Waals surface area contributed by atoms with Crippen molar-refractivity contribution in [3.05, 3.63) is 35.4 Å². The van der Waals surface area contributed by atoms with E-state index in [0.717, 1.165) is 29.7 Å². The summed E-state index contributed by atoms with van der Waals surface area (Å²) in [6.45, 7) is 4.38. The minimum absolute atomic E-state index is 0.105. The van der Waals surface area contributed by atoms with Crippen molar-refractivity contribution < 1.29 is 14.3 Å². The zero-order valence-electron chi connectivity index (χ0n) is 13.9. The number of hydrogen-bond acceptors (Lipinski definition) is 3. The van der Waals surface area contributed by atoms with Gasteiger partial charge in [0.15, 0.2) is 0 Å². The van der Waals surface area contributed by atoms with Gasteiger partial charge in [-0.3, -0.25) is 9.59 Å². The molecule has 0 aromatic heterocycles. The molecule has 5 heteroatoms. The van der Waals surface area contributed by atoms with Gasteiger partial charge in [-0.1, -0.05) is 11.6 Å². The first-order valence-corrected chi connectivity index (χ1v) is 7.85. The number of benzene rings is 1. The van der Waals surface area contributed by atoms with Gasteiger partial charge >= 0.3 is 0 Å². The molecular weight excluding hydrogens is 292 g/mol. The first-order valence-electron chi connectivity index (χ1n) is 7.85. The Labute approximate surface area is 137 Å². The SMILES string of the molecule is COc1ccc(C)cc1/C=C/C(=O)N1C[C@H](C(N)=O)CC[C@H]1C. The summed E-state index contributed by atoms with van der Waals surface area (Å²) in [6, 6.07) is 5.92. The average molecular weight is 316 g/mol. The van der Waals surface area contributed by atoms with E-state index in [1.165, 1.54) is 6.08 Å². The van der Waals surface area contributed by atoms with Crippen LogP contribution >= 0.6 is 0 Å². The molecule has 23 heavy (non-hydrogen) atoms. The quantitative estimate of drug-likeness (QED) is 0.865. The smallest absolute Gasteiger partial charge is 0.246 e. The third kappa shape index (κ3) is 4.12. The van der Waals surface area contributed by atoms with Gasteiger partial charge in [-0.25, -0.2) is 0 Å². The van der Waals surface area contributed by atoms with Crippen molar-refractivity contribution in [1.29, 1.82) is 0 Å². The summed E-state index contributed by atoms with van der Waals surface area (Å²) in [6.07, 6.45) is 4.84. The van der Waals surface area contributed by atoms with Crippen molar-refractivity contribution >= 4 is 17.9 Å². The predicted molar refractivity (Wildman–Crippen MR) is 89.9 cm³/mol. The third-order valence-electron chi connectivity index (χ3n) is 4.36. The van der Waals surface area contributed by atoms with E-state index < -0.39 is 0 Å². The number of nitrogens with two attached hydrogens (primary N) is 1. The van der Waals surface area contributed by atoms with Crippen molar-refractivity contribution in [3.8, 4) is 5.75 Å². The largest absolute Gasteiger partial charge is 0.496 e. The van der Waals surface area contributed by atoms with Crippen LogP contribution in [0, 0.1) is 12.8 Å². The highest BCUT2D eigenvalue weighted by atomic mass is 16.5. The normalized spacial score (nSPS) is 21.4. The van der Waals surface area contributed by atoms with Crippen molar-refractivity contribution in [1.82, 2.24) is 4.90 Å². The van der Waals surface area contributed by atoms with Crippen LogP contribution in [-0.2, 0) is 9.59 Å². The van der Waals surface area contributed by atoms with Crippen molar-refractivity contribution in [2.24, 2.45) is 11.7 Å². The molecule has 2 N–H and O–H groups in total. The lowest BCUT2D eigenvalue weighted by Crippen LogP contribution is -2.48. The van der Waals surface area contributed by atoms with Crippen LogP contribution in [0.2, 0.25) is 0 Å². The number of amides is 2.